The Balaban J connectivity index is 2.01. The summed E-state index contributed by atoms with van der Waals surface area (Å²) in [7, 11) is 0. The van der Waals surface area contributed by atoms with Gasteiger partial charge in [0.05, 0.1) is 24.5 Å². The van der Waals surface area contributed by atoms with Crippen molar-refractivity contribution in [1.82, 2.24) is 5.32 Å². The molecule has 1 aromatic rings. The minimum atomic E-state index is -0.658. The van der Waals surface area contributed by atoms with E-state index in [0.29, 0.717) is 18.0 Å². The summed E-state index contributed by atoms with van der Waals surface area (Å²) < 4.78 is 19.3. The predicted octanol–water partition coefficient (Wildman–Crippen LogP) is 2.24. The fourth-order valence-corrected chi connectivity index (χ4v) is 2.44. The summed E-state index contributed by atoms with van der Waals surface area (Å²) in [6.07, 6.45) is -0.417. The first kappa shape index (κ1) is 19.0. The number of halogens is 2. The molecule has 1 fully saturated rings. The Bertz CT molecular complexity index is 671. The number of carbonyl (C=O) groups excluding carboxylic acids is 3. The van der Waals surface area contributed by atoms with Crippen molar-refractivity contribution in [2.45, 2.75) is 25.9 Å². The Morgan fingerprint density at radius 2 is 2.20 bits per heavy atom. The number of nitrogens with zero attached hydrogens (tertiary/aromatic N) is 1. The Labute approximate surface area is 149 Å². The topological polar surface area (TPSA) is 87.7 Å². The number of amides is 3. The monoisotopic (exact) mass is 371 g/mol. The maximum atomic E-state index is 14.2. The number of hydrogen-bond acceptors (Lipinski definition) is 4. The number of cyclic esters (lactones) is 1. The van der Waals surface area contributed by atoms with Crippen LogP contribution in [0.2, 0.25) is 0 Å². The van der Waals surface area contributed by atoms with E-state index in [2.05, 4.69) is 10.6 Å². The molecule has 1 aromatic carbocycles. The molecule has 2 rings (SSSR count). The van der Waals surface area contributed by atoms with E-state index in [1.165, 1.54) is 24.0 Å². The molecule has 0 spiro atoms. The van der Waals surface area contributed by atoms with Crippen LogP contribution in [0.4, 0.5) is 20.6 Å². The molecular formula is C16H19ClFN3O4. The van der Waals surface area contributed by atoms with Crippen LogP contribution in [0.15, 0.2) is 18.2 Å². The molecule has 2 N–H and O–H groups in total. The first-order valence-corrected chi connectivity index (χ1v) is 8.32. The van der Waals surface area contributed by atoms with Crippen LogP contribution >= 0.6 is 11.6 Å². The van der Waals surface area contributed by atoms with Crippen molar-refractivity contribution in [2.24, 2.45) is 0 Å². The van der Waals surface area contributed by atoms with Gasteiger partial charge >= 0.3 is 6.09 Å². The van der Waals surface area contributed by atoms with Crippen LogP contribution in [0.3, 0.4) is 0 Å². The summed E-state index contributed by atoms with van der Waals surface area (Å²) in [4.78, 5) is 35.7. The van der Waals surface area contributed by atoms with Crippen molar-refractivity contribution in [3.05, 3.63) is 24.0 Å². The van der Waals surface area contributed by atoms with Gasteiger partial charge in [0.1, 0.15) is 11.9 Å². The van der Waals surface area contributed by atoms with Gasteiger partial charge in [-0.1, -0.05) is 0 Å². The molecule has 0 unspecified atom stereocenters. The maximum Gasteiger partial charge on any atom is 0.414 e. The van der Waals surface area contributed by atoms with E-state index < -0.39 is 18.0 Å². The Hall–Kier alpha value is -2.35. The van der Waals surface area contributed by atoms with E-state index in [0.717, 1.165) is 6.07 Å². The van der Waals surface area contributed by atoms with E-state index in [1.807, 2.05) is 0 Å². The summed E-state index contributed by atoms with van der Waals surface area (Å²) in [5.74, 6) is -0.862. The fraction of sp³-hybridized carbons (Fsp3) is 0.438. The van der Waals surface area contributed by atoms with Crippen LogP contribution in [-0.4, -0.2) is 43.0 Å². The normalized spacial score (nSPS) is 16.5. The quantitative estimate of drug-likeness (QED) is 0.719. The third-order valence-electron chi connectivity index (χ3n) is 3.53. The number of nitrogens with one attached hydrogen (secondary N) is 2. The van der Waals surface area contributed by atoms with E-state index >= 15 is 0 Å². The first-order valence-electron chi connectivity index (χ1n) is 7.78. The first-order chi connectivity index (χ1) is 11.9. The minimum Gasteiger partial charge on any atom is -0.442 e. The Morgan fingerprint density at radius 1 is 1.44 bits per heavy atom. The zero-order chi connectivity index (χ0) is 18.4. The smallest absolute Gasteiger partial charge is 0.414 e. The second-order valence-electron chi connectivity index (χ2n) is 5.56. The number of ether oxygens (including phenoxy) is 1. The second-order valence-corrected chi connectivity index (χ2v) is 5.94. The zero-order valence-corrected chi connectivity index (χ0v) is 14.4. The van der Waals surface area contributed by atoms with Gasteiger partial charge < -0.3 is 15.4 Å². The van der Waals surface area contributed by atoms with E-state index in [-0.39, 0.29) is 37.0 Å². The van der Waals surface area contributed by atoms with Crippen molar-refractivity contribution >= 4 is 40.9 Å². The Morgan fingerprint density at radius 3 is 2.84 bits per heavy atom. The summed E-state index contributed by atoms with van der Waals surface area (Å²) >= 11 is 5.51. The molecule has 9 heteroatoms. The lowest BCUT2D eigenvalue weighted by molar-refractivity contribution is -0.119. The molecule has 0 radical (unpaired) electrons. The van der Waals surface area contributed by atoms with Gasteiger partial charge in [-0.3, -0.25) is 14.5 Å². The molecule has 0 aromatic heterocycles. The molecule has 1 heterocycles. The molecule has 1 saturated heterocycles. The summed E-state index contributed by atoms with van der Waals surface area (Å²) in [6, 6.07) is 4.05. The van der Waals surface area contributed by atoms with Crippen molar-refractivity contribution in [1.29, 1.82) is 0 Å². The highest BCUT2D eigenvalue weighted by molar-refractivity contribution is 6.18. The van der Waals surface area contributed by atoms with Crippen LogP contribution in [0.25, 0.3) is 0 Å². The highest BCUT2D eigenvalue weighted by Crippen LogP contribution is 2.26. The van der Waals surface area contributed by atoms with Crippen molar-refractivity contribution in [3.8, 4) is 0 Å². The number of carbonyl (C=O) groups is 3. The molecule has 7 nitrogen and oxygen atoms in total. The molecule has 0 bridgehead atoms. The van der Waals surface area contributed by atoms with E-state index in [9.17, 15) is 18.8 Å². The van der Waals surface area contributed by atoms with Crippen LogP contribution in [0.5, 0.6) is 0 Å². The van der Waals surface area contributed by atoms with Crippen LogP contribution in [0.1, 0.15) is 19.8 Å². The average Bonchev–Trinajstić information content (AvgIpc) is 2.94. The van der Waals surface area contributed by atoms with Crippen molar-refractivity contribution < 1.29 is 23.5 Å². The molecule has 0 aliphatic carbocycles. The van der Waals surface area contributed by atoms with Crippen LogP contribution in [-0.2, 0) is 14.3 Å². The predicted molar refractivity (Wildman–Crippen MR) is 91.3 cm³/mol. The largest absolute Gasteiger partial charge is 0.442 e. The van der Waals surface area contributed by atoms with Gasteiger partial charge in [-0.05, 0) is 24.6 Å². The van der Waals surface area contributed by atoms with Crippen molar-refractivity contribution in [3.63, 3.8) is 0 Å². The second kappa shape index (κ2) is 8.66. The van der Waals surface area contributed by atoms with Gasteiger partial charge in [0, 0.05) is 19.2 Å². The van der Waals surface area contributed by atoms with Crippen molar-refractivity contribution in [2.75, 3.05) is 29.2 Å². The molecule has 136 valence electrons. The number of rotatable bonds is 7. The third kappa shape index (κ3) is 5.32. The molecule has 25 heavy (non-hydrogen) atoms. The highest BCUT2D eigenvalue weighted by atomic mass is 35.5. The minimum absolute atomic E-state index is 0.0330. The van der Waals surface area contributed by atoms with Gasteiger partial charge in [0.15, 0.2) is 0 Å². The third-order valence-corrected chi connectivity index (χ3v) is 3.80. The van der Waals surface area contributed by atoms with E-state index in [4.69, 9.17) is 16.3 Å². The summed E-state index contributed by atoms with van der Waals surface area (Å²) in [6.45, 7) is 1.75. The van der Waals surface area contributed by atoms with Gasteiger partial charge in [-0.25, -0.2) is 9.18 Å². The lowest BCUT2D eigenvalue weighted by atomic mass is 10.2. The average molecular weight is 372 g/mol. The number of hydrogen-bond donors (Lipinski definition) is 2. The maximum absolute atomic E-state index is 14.2. The highest BCUT2D eigenvalue weighted by Gasteiger charge is 2.32. The van der Waals surface area contributed by atoms with Crippen LogP contribution < -0.4 is 15.5 Å². The standard InChI is InChI=1S/C16H19ClFN3O4/c1-10(22)19-8-12-9-21(16(24)25-12)11-4-5-14(13(18)7-11)20-15(23)3-2-6-17/h4-5,7,12H,2-3,6,8-9H2,1H3,(H,19,22)(H,20,23)/t12-/m0/s1. The lowest BCUT2D eigenvalue weighted by Gasteiger charge is -2.14. The van der Waals surface area contributed by atoms with E-state index in [1.54, 1.807) is 0 Å². The fourth-order valence-electron chi connectivity index (χ4n) is 2.31. The van der Waals surface area contributed by atoms with Gasteiger partial charge in [0.25, 0.3) is 0 Å². The molecule has 1 atom stereocenters. The zero-order valence-electron chi connectivity index (χ0n) is 13.7. The van der Waals surface area contributed by atoms with Gasteiger partial charge in [-0.15, -0.1) is 11.6 Å². The van der Waals surface area contributed by atoms with Gasteiger partial charge in [-0.2, -0.15) is 0 Å². The molecular weight excluding hydrogens is 353 g/mol. The molecule has 1 aliphatic heterocycles. The van der Waals surface area contributed by atoms with Crippen LogP contribution in [0, 0.1) is 5.82 Å². The summed E-state index contributed by atoms with van der Waals surface area (Å²) in [5.41, 5.74) is 0.345. The SMILES string of the molecule is CC(=O)NC[C@H]1CN(c2ccc(NC(=O)CCCCl)c(F)c2)C(=O)O1. The number of benzene rings is 1. The summed E-state index contributed by atoms with van der Waals surface area (Å²) in [5, 5.41) is 5.03. The van der Waals surface area contributed by atoms with Gasteiger partial charge in [0.2, 0.25) is 11.8 Å². The molecule has 0 saturated carbocycles. The molecule has 3 amide bonds. The Kier molecular flexibility index (Phi) is 6.58. The molecule has 1 aliphatic rings. The number of anilines is 2. The number of alkyl halides is 1. The lowest BCUT2D eigenvalue weighted by Crippen LogP contribution is -2.33.